The van der Waals surface area contributed by atoms with E-state index < -0.39 is 17.1 Å². The second-order valence-electron chi connectivity index (χ2n) is 6.53. The smallest absolute Gasteiger partial charge is 0.335 e. The summed E-state index contributed by atoms with van der Waals surface area (Å²) in [5.74, 6) is 1.93. The van der Waals surface area contributed by atoms with Crippen LogP contribution in [0.5, 0.6) is 11.5 Å². The fourth-order valence-corrected chi connectivity index (χ4v) is 4.47. The zero-order chi connectivity index (χ0) is 23.3. The fraction of sp³-hybridized carbons (Fsp3) is 0.174. The minimum Gasteiger partial charge on any atom is -0.490 e. The van der Waals surface area contributed by atoms with Crippen LogP contribution in [0.4, 0.5) is 4.79 Å². The van der Waals surface area contributed by atoms with Crippen LogP contribution in [0.15, 0.2) is 41.3 Å². The Kier molecular flexibility index (Phi) is 7.82. The quantitative estimate of drug-likeness (QED) is 0.284. The number of terminal acetylenes is 1. The van der Waals surface area contributed by atoms with E-state index in [0.717, 1.165) is 25.8 Å². The Bertz CT molecular complexity index is 1140. The van der Waals surface area contributed by atoms with E-state index in [0.29, 0.717) is 23.7 Å². The van der Waals surface area contributed by atoms with Gasteiger partial charge in [-0.3, -0.25) is 14.5 Å². The molecule has 2 amide bonds. The predicted molar refractivity (Wildman–Crippen MR) is 130 cm³/mol. The van der Waals surface area contributed by atoms with Crippen molar-refractivity contribution < 1.29 is 29.0 Å². The molecule has 1 saturated heterocycles. The summed E-state index contributed by atoms with van der Waals surface area (Å²) >= 11 is 2.96. The summed E-state index contributed by atoms with van der Waals surface area (Å²) in [4.78, 5) is 36.7. The van der Waals surface area contributed by atoms with Gasteiger partial charge in [0.2, 0.25) is 0 Å². The maximum atomic E-state index is 12.4. The minimum absolute atomic E-state index is 0.0655. The number of hydrogen-bond donors (Lipinski definition) is 1. The van der Waals surface area contributed by atoms with Crippen LogP contribution in [0.2, 0.25) is 0 Å². The highest BCUT2D eigenvalue weighted by atomic mass is 127. The zero-order valence-electron chi connectivity index (χ0n) is 17.0. The summed E-state index contributed by atoms with van der Waals surface area (Å²) in [6.07, 6.45) is 6.85. The normalized spacial score (nSPS) is 14.5. The van der Waals surface area contributed by atoms with Crippen molar-refractivity contribution in [1.29, 1.82) is 0 Å². The summed E-state index contributed by atoms with van der Waals surface area (Å²) < 4.78 is 12.5. The number of carboxylic acids is 1. The van der Waals surface area contributed by atoms with Gasteiger partial charge in [-0.1, -0.05) is 18.1 Å². The number of benzene rings is 2. The van der Waals surface area contributed by atoms with Crippen LogP contribution in [-0.4, -0.2) is 40.3 Å². The molecule has 0 radical (unpaired) electrons. The van der Waals surface area contributed by atoms with Crippen LogP contribution in [0.3, 0.4) is 0 Å². The van der Waals surface area contributed by atoms with Crippen LogP contribution < -0.4 is 9.47 Å². The van der Waals surface area contributed by atoms with Crippen LogP contribution >= 0.6 is 34.4 Å². The van der Waals surface area contributed by atoms with Crippen LogP contribution in [0, 0.1) is 15.9 Å². The van der Waals surface area contributed by atoms with Gasteiger partial charge in [-0.05, 0) is 82.7 Å². The van der Waals surface area contributed by atoms with Crippen molar-refractivity contribution in [3.8, 4) is 23.8 Å². The largest absolute Gasteiger partial charge is 0.490 e. The van der Waals surface area contributed by atoms with E-state index in [4.69, 9.17) is 21.0 Å². The number of ether oxygens (including phenoxy) is 2. The number of imide groups is 1. The highest BCUT2D eigenvalue weighted by Gasteiger charge is 2.34. The maximum Gasteiger partial charge on any atom is 0.335 e. The van der Waals surface area contributed by atoms with Crippen molar-refractivity contribution in [2.24, 2.45) is 0 Å². The van der Waals surface area contributed by atoms with Gasteiger partial charge in [0.25, 0.3) is 11.1 Å². The highest BCUT2D eigenvalue weighted by Crippen LogP contribution is 2.37. The summed E-state index contributed by atoms with van der Waals surface area (Å²) in [7, 11) is 0. The Morgan fingerprint density at radius 1 is 1.25 bits per heavy atom. The van der Waals surface area contributed by atoms with Gasteiger partial charge < -0.3 is 14.6 Å². The Balaban J connectivity index is 1.83. The lowest BCUT2D eigenvalue weighted by atomic mass is 10.1. The van der Waals surface area contributed by atoms with Crippen LogP contribution in [0.1, 0.15) is 28.4 Å². The van der Waals surface area contributed by atoms with Gasteiger partial charge in [0.05, 0.1) is 27.2 Å². The van der Waals surface area contributed by atoms with E-state index in [-0.39, 0.29) is 23.6 Å². The van der Waals surface area contributed by atoms with Crippen LogP contribution in [-0.2, 0) is 11.4 Å². The topological polar surface area (TPSA) is 93.1 Å². The number of thioether (sulfide) groups is 1. The lowest BCUT2D eigenvalue weighted by molar-refractivity contribution is -0.122. The number of nitrogens with zero attached hydrogens (tertiary/aromatic N) is 1. The molecule has 1 aliphatic rings. The molecule has 3 rings (SSSR count). The van der Waals surface area contributed by atoms with Gasteiger partial charge in [0.15, 0.2) is 11.5 Å². The molecule has 0 saturated carbocycles. The van der Waals surface area contributed by atoms with E-state index in [1.165, 1.54) is 12.1 Å². The summed E-state index contributed by atoms with van der Waals surface area (Å²) in [5.41, 5.74) is 1.69. The fourth-order valence-electron chi connectivity index (χ4n) is 2.85. The highest BCUT2D eigenvalue weighted by molar-refractivity contribution is 14.1. The molecular formula is C23H18INO6S. The van der Waals surface area contributed by atoms with Gasteiger partial charge in [0.1, 0.15) is 6.61 Å². The first kappa shape index (κ1) is 23.7. The van der Waals surface area contributed by atoms with Gasteiger partial charge in [0, 0.05) is 0 Å². The first-order chi connectivity index (χ1) is 15.3. The molecular weight excluding hydrogens is 545 g/mol. The third kappa shape index (κ3) is 5.44. The molecule has 32 heavy (non-hydrogen) atoms. The number of carbonyl (C=O) groups is 3. The SMILES string of the molecule is C#CCN1C(=O)SC(=Cc2cc(I)c(OCc3ccc(C(=O)O)cc3)c(OCC)c2)C1=O. The van der Waals surface area contributed by atoms with E-state index in [1.54, 1.807) is 24.3 Å². The zero-order valence-corrected chi connectivity index (χ0v) is 19.9. The molecule has 2 aromatic carbocycles. The summed E-state index contributed by atoms with van der Waals surface area (Å²) in [6, 6.07) is 9.98. The standard InChI is InChI=1S/C23H18INO6S/c1-3-9-25-21(26)19(32-23(25)29)12-15-10-17(24)20(18(11-15)30-4-2)31-13-14-5-7-16(8-6-14)22(27)28/h1,5-8,10-12H,4,9,13H2,2H3,(H,27,28). The maximum absolute atomic E-state index is 12.4. The Hall–Kier alpha value is -2.97. The molecule has 0 unspecified atom stereocenters. The lowest BCUT2D eigenvalue weighted by Gasteiger charge is -2.15. The Labute approximate surface area is 202 Å². The summed E-state index contributed by atoms with van der Waals surface area (Å²) in [6.45, 7) is 2.41. The molecule has 1 N–H and O–H groups in total. The molecule has 9 heteroatoms. The van der Waals surface area contributed by atoms with E-state index in [2.05, 4.69) is 28.5 Å². The van der Waals surface area contributed by atoms with Gasteiger partial charge in [-0.25, -0.2) is 4.79 Å². The van der Waals surface area contributed by atoms with E-state index >= 15 is 0 Å². The van der Waals surface area contributed by atoms with Gasteiger partial charge >= 0.3 is 5.97 Å². The average Bonchev–Trinajstić information content (AvgIpc) is 3.01. The number of halogens is 1. The van der Waals surface area contributed by atoms with Crippen molar-refractivity contribution in [1.82, 2.24) is 4.90 Å². The summed E-state index contributed by atoms with van der Waals surface area (Å²) in [5, 5.41) is 8.61. The third-order valence-electron chi connectivity index (χ3n) is 4.34. The molecule has 0 aromatic heterocycles. The molecule has 164 valence electrons. The minimum atomic E-state index is -0.988. The number of rotatable bonds is 8. The monoisotopic (exact) mass is 563 g/mol. The third-order valence-corrected chi connectivity index (χ3v) is 6.05. The molecule has 1 aliphatic heterocycles. The van der Waals surface area contributed by atoms with Crippen molar-refractivity contribution in [2.75, 3.05) is 13.2 Å². The first-order valence-corrected chi connectivity index (χ1v) is 11.3. The lowest BCUT2D eigenvalue weighted by Crippen LogP contribution is -2.28. The number of carboxylic acid groups (broad SMARTS) is 1. The molecule has 2 aromatic rings. The van der Waals surface area contributed by atoms with E-state index in [1.807, 2.05) is 13.0 Å². The average molecular weight is 563 g/mol. The first-order valence-electron chi connectivity index (χ1n) is 9.44. The van der Waals surface area contributed by atoms with Crippen LogP contribution in [0.25, 0.3) is 6.08 Å². The molecule has 1 heterocycles. The number of aromatic carboxylic acids is 1. The number of hydrogen-bond acceptors (Lipinski definition) is 6. The molecule has 0 bridgehead atoms. The predicted octanol–water partition coefficient (Wildman–Crippen LogP) is 4.64. The van der Waals surface area contributed by atoms with Crippen molar-refractivity contribution in [3.05, 3.63) is 61.6 Å². The van der Waals surface area contributed by atoms with Crippen molar-refractivity contribution in [3.63, 3.8) is 0 Å². The molecule has 7 nitrogen and oxygen atoms in total. The number of amides is 2. The van der Waals surface area contributed by atoms with Crippen molar-refractivity contribution in [2.45, 2.75) is 13.5 Å². The second-order valence-corrected chi connectivity index (χ2v) is 8.68. The Morgan fingerprint density at radius 3 is 2.59 bits per heavy atom. The number of carbonyl (C=O) groups excluding carboxylic acids is 2. The second kappa shape index (κ2) is 10.6. The van der Waals surface area contributed by atoms with Gasteiger partial charge in [-0.15, -0.1) is 6.42 Å². The molecule has 0 spiro atoms. The van der Waals surface area contributed by atoms with Gasteiger partial charge in [-0.2, -0.15) is 0 Å². The Morgan fingerprint density at radius 2 is 1.97 bits per heavy atom. The van der Waals surface area contributed by atoms with E-state index in [9.17, 15) is 14.4 Å². The van der Waals surface area contributed by atoms with Crippen molar-refractivity contribution >= 4 is 57.5 Å². The molecule has 0 atom stereocenters. The molecule has 1 fully saturated rings. The molecule has 0 aliphatic carbocycles.